The first-order valence-electron chi connectivity index (χ1n) is 12.5. The molecule has 0 radical (unpaired) electrons. The zero-order valence-corrected chi connectivity index (χ0v) is 20.8. The fourth-order valence-electron chi connectivity index (χ4n) is 4.25. The van der Waals surface area contributed by atoms with Crippen LogP contribution < -0.4 is 20.9 Å². The van der Waals surface area contributed by atoms with Crippen LogP contribution in [-0.4, -0.2) is 67.1 Å². The number of rotatable bonds is 9. The monoisotopic (exact) mass is 505 g/mol. The van der Waals surface area contributed by atoms with Crippen molar-refractivity contribution in [1.29, 1.82) is 0 Å². The number of carbonyl (C=O) groups excluding carboxylic acids is 1. The van der Waals surface area contributed by atoms with Gasteiger partial charge in [0.1, 0.15) is 11.6 Å². The molecule has 2 aromatic rings. The summed E-state index contributed by atoms with van der Waals surface area (Å²) in [5, 5.41) is 8.83. The Morgan fingerprint density at radius 2 is 1.81 bits per heavy atom. The summed E-state index contributed by atoms with van der Waals surface area (Å²) in [6, 6.07) is 3.35. The number of piperazine rings is 1. The molecule has 0 spiro atoms. The number of carbonyl (C=O) groups is 1. The first kappa shape index (κ1) is 26.0. The summed E-state index contributed by atoms with van der Waals surface area (Å²) in [6.07, 6.45) is 1.42. The highest BCUT2D eigenvalue weighted by Gasteiger charge is 2.34. The summed E-state index contributed by atoms with van der Waals surface area (Å²) >= 11 is 0. The number of aromatic nitrogens is 2. The molecular weight excluding hydrogens is 471 g/mol. The number of halogens is 3. The van der Waals surface area contributed by atoms with Gasteiger partial charge in [-0.1, -0.05) is 6.42 Å². The molecule has 0 bridgehead atoms. The van der Waals surface area contributed by atoms with Crippen LogP contribution in [-0.2, 0) is 11.0 Å². The van der Waals surface area contributed by atoms with Gasteiger partial charge in [0.2, 0.25) is 5.91 Å². The topological polar surface area (TPSA) is 85.4 Å². The number of hydrogen-bond acceptors (Lipinski definition) is 7. The number of nitrogens with one attached hydrogen (secondary N) is 3. The summed E-state index contributed by atoms with van der Waals surface area (Å²) < 4.78 is 40.7. The van der Waals surface area contributed by atoms with Gasteiger partial charge in [0.25, 0.3) is 0 Å². The Bertz CT molecular complexity index is 1050. The Balaban J connectivity index is 1.38. The van der Waals surface area contributed by atoms with Crippen LogP contribution in [0.25, 0.3) is 0 Å². The van der Waals surface area contributed by atoms with Crippen molar-refractivity contribution in [3.05, 3.63) is 35.7 Å². The van der Waals surface area contributed by atoms with E-state index < -0.39 is 11.7 Å². The smallest absolute Gasteiger partial charge is 0.384 e. The van der Waals surface area contributed by atoms with Crippen molar-refractivity contribution in [2.45, 2.75) is 38.8 Å². The number of nitrogens with zero attached hydrogens (tertiary/aromatic N) is 4. The first-order valence-corrected chi connectivity index (χ1v) is 12.5. The number of pyridine rings is 2. The van der Waals surface area contributed by atoms with E-state index in [2.05, 4.69) is 42.8 Å². The Labute approximate surface area is 209 Å². The summed E-state index contributed by atoms with van der Waals surface area (Å²) in [5.41, 5.74) is 0.735. The van der Waals surface area contributed by atoms with E-state index in [1.54, 1.807) is 6.20 Å². The minimum absolute atomic E-state index is 0.0373. The normalized spacial score (nSPS) is 17.0. The van der Waals surface area contributed by atoms with Gasteiger partial charge in [0.05, 0.1) is 23.1 Å². The number of aryl methyl sites for hydroxylation is 1. The lowest BCUT2D eigenvalue weighted by molar-refractivity contribution is -0.137. The fraction of sp³-hybridized carbons (Fsp3) is 0.560. The molecule has 2 aromatic heterocycles. The Morgan fingerprint density at radius 3 is 2.44 bits per heavy atom. The average molecular weight is 506 g/mol. The summed E-state index contributed by atoms with van der Waals surface area (Å²) in [4.78, 5) is 25.0. The molecule has 11 heteroatoms. The second-order valence-electron chi connectivity index (χ2n) is 9.58. The van der Waals surface area contributed by atoms with Crippen LogP contribution in [0, 0.1) is 12.8 Å². The van der Waals surface area contributed by atoms with Crippen LogP contribution >= 0.6 is 0 Å². The third kappa shape index (κ3) is 6.57. The van der Waals surface area contributed by atoms with E-state index in [0.717, 1.165) is 63.0 Å². The molecule has 0 atom stereocenters. The lowest BCUT2D eigenvalue weighted by atomic mass is 9.85. The molecule has 3 heterocycles. The standard InChI is InChI=1S/C25H34F3N7O/c1-17-13-23(35-11-9-34(2)10-12-35)32-16-21(17)33-22-14-20(19(15-31-22)25(26,27)28)29-7-4-8-30-24(36)18-5-3-6-18/h13-16,18H,3-12H2,1-2H3,(H,30,36)(H2,29,31,33). The quantitative estimate of drug-likeness (QED) is 0.444. The lowest BCUT2D eigenvalue weighted by Gasteiger charge is -2.33. The molecule has 8 nitrogen and oxygen atoms in total. The van der Waals surface area contributed by atoms with Gasteiger partial charge in [0.15, 0.2) is 0 Å². The molecule has 196 valence electrons. The molecule has 1 saturated carbocycles. The fourth-order valence-corrected chi connectivity index (χ4v) is 4.25. The number of amides is 1. The van der Waals surface area contributed by atoms with Crippen molar-refractivity contribution >= 4 is 28.9 Å². The molecule has 0 aromatic carbocycles. The lowest BCUT2D eigenvalue weighted by Crippen LogP contribution is -2.44. The maximum absolute atomic E-state index is 13.6. The van der Waals surface area contributed by atoms with Crippen LogP contribution in [0.5, 0.6) is 0 Å². The van der Waals surface area contributed by atoms with Crippen LogP contribution in [0.2, 0.25) is 0 Å². The van der Waals surface area contributed by atoms with Crippen LogP contribution in [0.1, 0.15) is 36.8 Å². The number of alkyl halides is 3. The molecule has 4 rings (SSSR count). The number of anilines is 4. The highest BCUT2D eigenvalue weighted by atomic mass is 19.4. The SMILES string of the molecule is Cc1cc(N2CCN(C)CC2)ncc1Nc1cc(NCCCNC(=O)C2CCC2)c(C(F)(F)F)cn1. The van der Waals surface area contributed by atoms with Crippen molar-refractivity contribution in [1.82, 2.24) is 20.2 Å². The van der Waals surface area contributed by atoms with Crippen molar-refractivity contribution in [3.8, 4) is 0 Å². The highest BCUT2D eigenvalue weighted by molar-refractivity contribution is 5.79. The van der Waals surface area contributed by atoms with Crippen LogP contribution in [0.15, 0.2) is 24.5 Å². The van der Waals surface area contributed by atoms with E-state index in [9.17, 15) is 18.0 Å². The van der Waals surface area contributed by atoms with Crippen LogP contribution in [0.3, 0.4) is 0 Å². The Hall–Kier alpha value is -3.08. The number of likely N-dealkylation sites (N-methyl/N-ethyl adjacent to an activating group) is 1. The van der Waals surface area contributed by atoms with E-state index in [1.165, 1.54) is 6.07 Å². The van der Waals surface area contributed by atoms with E-state index >= 15 is 0 Å². The zero-order valence-electron chi connectivity index (χ0n) is 20.8. The Kier molecular flexibility index (Phi) is 8.17. The van der Waals surface area contributed by atoms with E-state index in [4.69, 9.17) is 0 Å². The zero-order chi connectivity index (χ0) is 25.7. The van der Waals surface area contributed by atoms with E-state index in [-0.39, 0.29) is 24.1 Å². The van der Waals surface area contributed by atoms with Gasteiger partial charge in [-0.3, -0.25) is 4.79 Å². The predicted molar refractivity (Wildman–Crippen MR) is 135 cm³/mol. The maximum Gasteiger partial charge on any atom is 0.419 e. The highest BCUT2D eigenvalue weighted by Crippen LogP contribution is 2.36. The molecular formula is C25H34F3N7O. The third-order valence-corrected chi connectivity index (χ3v) is 6.84. The molecule has 2 aliphatic rings. The predicted octanol–water partition coefficient (Wildman–Crippen LogP) is 4.02. The minimum Gasteiger partial charge on any atom is -0.384 e. The van der Waals surface area contributed by atoms with Gasteiger partial charge in [-0.2, -0.15) is 13.2 Å². The molecule has 1 aliphatic carbocycles. The van der Waals surface area contributed by atoms with Gasteiger partial charge in [-0.25, -0.2) is 9.97 Å². The second kappa shape index (κ2) is 11.3. The van der Waals surface area contributed by atoms with Crippen LogP contribution in [0.4, 0.5) is 36.2 Å². The maximum atomic E-state index is 13.6. The van der Waals surface area contributed by atoms with Crippen molar-refractivity contribution in [3.63, 3.8) is 0 Å². The molecule has 36 heavy (non-hydrogen) atoms. The van der Waals surface area contributed by atoms with Crippen molar-refractivity contribution in [2.24, 2.45) is 5.92 Å². The van der Waals surface area contributed by atoms with Gasteiger partial charge >= 0.3 is 6.18 Å². The van der Waals surface area contributed by atoms with Gasteiger partial charge < -0.3 is 25.8 Å². The van der Waals surface area contributed by atoms with Gasteiger partial charge in [0, 0.05) is 57.4 Å². The summed E-state index contributed by atoms with van der Waals surface area (Å²) in [7, 11) is 2.09. The van der Waals surface area contributed by atoms with Gasteiger partial charge in [-0.05, 0) is 44.9 Å². The molecule has 0 unspecified atom stereocenters. The molecule has 1 aliphatic heterocycles. The summed E-state index contributed by atoms with van der Waals surface area (Å²) in [5.74, 6) is 1.31. The largest absolute Gasteiger partial charge is 0.419 e. The number of hydrogen-bond donors (Lipinski definition) is 3. The van der Waals surface area contributed by atoms with Crippen molar-refractivity contribution < 1.29 is 18.0 Å². The summed E-state index contributed by atoms with van der Waals surface area (Å²) in [6.45, 7) is 6.38. The first-order chi connectivity index (χ1) is 17.2. The van der Waals surface area contributed by atoms with Gasteiger partial charge in [-0.15, -0.1) is 0 Å². The van der Waals surface area contributed by atoms with E-state index in [1.807, 2.05) is 13.0 Å². The minimum atomic E-state index is -4.53. The molecule has 3 N–H and O–H groups in total. The van der Waals surface area contributed by atoms with Crippen molar-refractivity contribution in [2.75, 3.05) is 61.8 Å². The third-order valence-electron chi connectivity index (χ3n) is 6.84. The Morgan fingerprint density at radius 1 is 1.06 bits per heavy atom. The molecule has 1 saturated heterocycles. The molecule has 1 amide bonds. The van der Waals surface area contributed by atoms with E-state index in [0.29, 0.717) is 24.5 Å². The average Bonchev–Trinajstić information content (AvgIpc) is 2.79. The molecule has 2 fully saturated rings. The second-order valence-corrected chi connectivity index (χ2v) is 9.58.